The van der Waals surface area contributed by atoms with E-state index in [-0.39, 0.29) is 4.90 Å². The second-order valence-electron chi connectivity index (χ2n) is 5.67. The number of hydrogen-bond donors (Lipinski definition) is 2. The predicted octanol–water partition coefficient (Wildman–Crippen LogP) is 3.30. The highest BCUT2D eigenvalue weighted by Crippen LogP contribution is 2.22. The van der Waals surface area contributed by atoms with Crippen LogP contribution in [0.25, 0.3) is 0 Å². The van der Waals surface area contributed by atoms with Gasteiger partial charge in [-0.3, -0.25) is 4.55 Å². The zero-order valence-corrected chi connectivity index (χ0v) is 15.2. The van der Waals surface area contributed by atoms with Gasteiger partial charge in [0.15, 0.2) is 0 Å². The van der Waals surface area contributed by atoms with E-state index in [1.165, 1.54) is 12.1 Å². The average molecular weight is 352 g/mol. The van der Waals surface area contributed by atoms with Gasteiger partial charge in [0.1, 0.15) is 12.4 Å². The van der Waals surface area contributed by atoms with Crippen LogP contribution in [0.15, 0.2) is 47.4 Å². The molecule has 132 valence electrons. The van der Waals surface area contributed by atoms with Crippen LogP contribution >= 0.6 is 0 Å². The number of hydrogen-bond acceptors (Lipinski definition) is 4. The summed E-state index contributed by atoms with van der Waals surface area (Å²) in [5.74, 6) is 0.892. The molecule has 0 radical (unpaired) electrons. The van der Waals surface area contributed by atoms with Gasteiger partial charge in [-0.2, -0.15) is 8.42 Å². The molecule has 0 bridgehead atoms. The van der Waals surface area contributed by atoms with E-state index in [1.807, 2.05) is 39.0 Å². The standard InChI is InChI=1S/C11H16O2.C7H8O3S/c1-8-5-4-6-9(2)11(8)13-7-10(3)12;1-6-2-4-7(5-3-6)11(8,9)10/h4-6,10,12H,7H2,1-3H3;2-5H,1H3,(H,8,9,10). The number of aryl methyl sites for hydroxylation is 3. The molecule has 0 heterocycles. The van der Waals surface area contributed by atoms with Gasteiger partial charge in [0, 0.05) is 0 Å². The first-order chi connectivity index (χ1) is 11.1. The molecule has 2 aromatic rings. The topological polar surface area (TPSA) is 83.8 Å². The summed E-state index contributed by atoms with van der Waals surface area (Å²) < 4.78 is 35.0. The lowest BCUT2D eigenvalue weighted by molar-refractivity contribution is 0.122. The van der Waals surface area contributed by atoms with E-state index in [9.17, 15) is 8.42 Å². The number of para-hydroxylation sites is 1. The SMILES string of the molecule is Cc1ccc(S(=O)(=O)O)cc1.Cc1cccc(C)c1OCC(C)O. The smallest absolute Gasteiger partial charge is 0.294 e. The van der Waals surface area contributed by atoms with Crippen molar-refractivity contribution in [2.45, 2.75) is 38.7 Å². The van der Waals surface area contributed by atoms with Crippen molar-refractivity contribution in [2.75, 3.05) is 6.61 Å². The van der Waals surface area contributed by atoms with Gasteiger partial charge in [-0.15, -0.1) is 0 Å². The molecule has 2 N–H and O–H groups in total. The van der Waals surface area contributed by atoms with Crippen LogP contribution in [0, 0.1) is 20.8 Å². The van der Waals surface area contributed by atoms with Gasteiger partial charge >= 0.3 is 0 Å². The van der Waals surface area contributed by atoms with Gasteiger partial charge < -0.3 is 9.84 Å². The summed E-state index contributed by atoms with van der Waals surface area (Å²) in [7, 11) is -4.02. The summed E-state index contributed by atoms with van der Waals surface area (Å²) in [6.07, 6.45) is -0.418. The Morgan fingerprint density at radius 2 is 1.50 bits per heavy atom. The highest BCUT2D eigenvalue weighted by atomic mass is 32.2. The molecule has 5 nitrogen and oxygen atoms in total. The minimum absolute atomic E-state index is 0.0666. The average Bonchev–Trinajstić information content (AvgIpc) is 2.46. The molecule has 0 aromatic heterocycles. The molecule has 2 rings (SSSR count). The first-order valence-corrected chi connectivity index (χ1v) is 8.96. The zero-order chi connectivity index (χ0) is 18.3. The monoisotopic (exact) mass is 352 g/mol. The normalized spacial score (nSPS) is 12.1. The Bertz CT molecular complexity index is 729. The maximum Gasteiger partial charge on any atom is 0.294 e. The molecule has 1 atom stereocenters. The number of benzene rings is 2. The van der Waals surface area contributed by atoms with Crippen LogP contribution in [0.5, 0.6) is 5.75 Å². The van der Waals surface area contributed by atoms with Crippen LogP contribution < -0.4 is 4.74 Å². The molecule has 0 amide bonds. The Balaban J connectivity index is 0.000000243. The third kappa shape index (κ3) is 6.70. The molecular weight excluding hydrogens is 328 g/mol. The molecule has 1 unspecified atom stereocenters. The van der Waals surface area contributed by atoms with Gasteiger partial charge in [-0.25, -0.2) is 0 Å². The lowest BCUT2D eigenvalue weighted by Gasteiger charge is -2.12. The van der Waals surface area contributed by atoms with Gasteiger partial charge in [-0.1, -0.05) is 35.9 Å². The number of ether oxygens (including phenoxy) is 1. The highest BCUT2D eigenvalue weighted by Gasteiger charge is 2.07. The fourth-order valence-electron chi connectivity index (χ4n) is 1.94. The van der Waals surface area contributed by atoms with E-state index in [0.717, 1.165) is 22.4 Å². The van der Waals surface area contributed by atoms with Gasteiger partial charge in [-0.05, 0) is 51.0 Å². The summed E-state index contributed by atoms with van der Waals surface area (Å²) in [5.41, 5.74) is 3.18. The largest absolute Gasteiger partial charge is 0.490 e. The molecule has 0 fully saturated rings. The van der Waals surface area contributed by atoms with Crippen LogP contribution in [0.2, 0.25) is 0 Å². The summed E-state index contributed by atoms with van der Waals surface area (Å²) in [5, 5.41) is 9.07. The molecule has 6 heteroatoms. The van der Waals surface area contributed by atoms with Crippen molar-refractivity contribution in [3.63, 3.8) is 0 Å². The summed E-state index contributed by atoms with van der Waals surface area (Å²) in [6, 6.07) is 12.0. The van der Waals surface area contributed by atoms with Crippen molar-refractivity contribution in [3.05, 3.63) is 59.2 Å². The van der Waals surface area contributed by atoms with E-state index in [0.29, 0.717) is 6.61 Å². The molecule has 0 spiro atoms. The lowest BCUT2D eigenvalue weighted by Crippen LogP contribution is -2.13. The van der Waals surface area contributed by atoms with E-state index in [4.69, 9.17) is 14.4 Å². The maximum absolute atomic E-state index is 10.5. The van der Waals surface area contributed by atoms with Crippen molar-refractivity contribution in [2.24, 2.45) is 0 Å². The Morgan fingerprint density at radius 1 is 1.00 bits per heavy atom. The Labute approximate surface area is 143 Å². The first-order valence-electron chi connectivity index (χ1n) is 7.52. The molecular formula is C18H24O5S. The summed E-state index contributed by atoms with van der Waals surface area (Å²) >= 11 is 0. The quantitative estimate of drug-likeness (QED) is 0.825. The molecule has 0 saturated heterocycles. The number of aliphatic hydroxyl groups is 1. The summed E-state index contributed by atoms with van der Waals surface area (Å²) in [6.45, 7) is 7.92. The Morgan fingerprint density at radius 3 is 1.92 bits per heavy atom. The maximum atomic E-state index is 10.5. The minimum atomic E-state index is -4.02. The number of rotatable bonds is 4. The third-order valence-electron chi connectivity index (χ3n) is 3.20. The van der Waals surface area contributed by atoms with E-state index in [1.54, 1.807) is 19.1 Å². The van der Waals surface area contributed by atoms with Crippen molar-refractivity contribution in [1.29, 1.82) is 0 Å². The van der Waals surface area contributed by atoms with Crippen molar-refractivity contribution >= 4 is 10.1 Å². The first kappa shape index (κ1) is 20.2. The van der Waals surface area contributed by atoms with Crippen LogP contribution in [0.1, 0.15) is 23.6 Å². The third-order valence-corrected chi connectivity index (χ3v) is 4.06. The molecule has 0 aliphatic rings. The van der Waals surface area contributed by atoms with Crippen molar-refractivity contribution in [3.8, 4) is 5.75 Å². The predicted molar refractivity (Wildman–Crippen MR) is 94.1 cm³/mol. The van der Waals surface area contributed by atoms with E-state index < -0.39 is 16.2 Å². The second kappa shape index (κ2) is 8.82. The van der Waals surface area contributed by atoms with Gasteiger partial charge in [0.2, 0.25) is 0 Å². The fraction of sp³-hybridized carbons (Fsp3) is 0.333. The van der Waals surface area contributed by atoms with E-state index >= 15 is 0 Å². The molecule has 0 aliphatic heterocycles. The van der Waals surface area contributed by atoms with Crippen LogP contribution in [0.4, 0.5) is 0 Å². The zero-order valence-electron chi connectivity index (χ0n) is 14.4. The molecule has 0 saturated carbocycles. The Hall–Kier alpha value is -1.89. The van der Waals surface area contributed by atoms with Gasteiger partial charge in [0.25, 0.3) is 10.1 Å². The Kier molecular flexibility index (Phi) is 7.41. The number of aliphatic hydroxyl groups excluding tert-OH is 1. The summed E-state index contributed by atoms with van der Waals surface area (Å²) in [4.78, 5) is -0.0666. The highest BCUT2D eigenvalue weighted by molar-refractivity contribution is 7.85. The second-order valence-corrected chi connectivity index (χ2v) is 7.09. The van der Waals surface area contributed by atoms with Crippen molar-refractivity contribution in [1.82, 2.24) is 0 Å². The fourth-order valence-corrected chi connectivity index (χ4v) is 2.42. The molecule has 2 aromatic carbocycles. The lowest BCUT2D eigenvalue weighted by atomic mass is 10.1. The molecule has 0 aliphatic carbocycles. The van der Waals surface area contributed by atoms with Crippen LogP contribution in [-0.2, 0) is 10.1 Å². The minimum Gasteiger partial charge on any atom is -0.490 e. The van der Waals surface area contributed by atoms with Gasteiger partial charge in [0.05, 0.1) is 11.0 Å². The van der Waals surface area contributed by atoms with Crippen LogP contribution in [-0.4, -0.2) is 30.8 Å². The molecule has 24 heavy (non-hydrogen) atoms. The van der Waals surface area contributed by atoms with Crippen molar-refractivity contribution < 1.29 is 22.8 Å². The van der Waals surface area contributed by atoms with E-state index in [2.05, 4.69) is 0 Å². The van der Waals surface area contributed by atoms with Crippen LogP contribution in [0.3, 0.4) is 0 Å².